The fourth-order valence-electron chi connectivity index (χ4n) is 4.78. The molecular weight excluding hydrogens is 348 g/mol. The molecule has 1 aromatic heterocycles. The van der Waals surface area contributed by atoms with Gasteiger partial charge in [0.25, 0.3) is 5.91 Å². The summed E-state index contributed by atoms with van der Waals surface area (Å²) in [7, 11) is 1.89. The minimum absolute atomic E-state index is 0.0954. The summed E-state index contributed by atoms with van der Waals surface area (Å²) < 4.78 is 1.78. The normalized spacial score (nSPS) is 21.4. The number of aryl methyl sites for hydroxylation is 2. The van der Waals surface area contributed by atoms with Gasteiger partial charge in [0.1, 0.15) is 0 Å². The Kier molecular flexibility index (Phi) is 5.81. The lowest BCUT2D eigenvalue weighted by Gasteiger charge is -2.34. The SMILES string of the molecule is Cc1cc(C(=O)N2CCC([C@@H]3CCN(CCc4ccccc4)C3)CC2)nn1C. The van der Waals surface area contributed by atoms with Crippen molar-refractivity contribution in [1.29, 1.82) is 0 Å². The van der Waals surface area contributed by atoms with Gasteiger partial charge in [-0.2, -0.15) is 5.10 Å². The van der Waals surface area contributed by atoms with Crippen LogP contribution in [0.3, 0.4) is 0 Å². The summed E-state index contributed by atoms with van der Waals surface area (Å²) in [5.41, 5.74) is 3.05. The van der Waals surface area contributed by atoms with Crippen LogP contribution < -0.4 is 0 Å². The minimum atomic E-state index is 0.0954. The maximum atomic E-state index is 12.7. The number of carbonyl (C=O) groups excluding carboxylic acids is 1. The largest absolute Gasteiger partial charge is 0.337 e. The zero-order valence-corrected chi connectivity index (χ0v) is 17.2. The molecule has 5 heteroatoms. The topological polar surface area (TPSA) is 41.4 Å². The molecule has 28 heavy (non-hydrogen) atoms. The van der Waals surface area contributed by atoms with E-state index < -0.39 is 0 Å². The van der Waals surface area contributed by atoms with Gasteiger partial charge in [-0.3, -0.25) is 9.48 Å². The number of nitrogens with zero attached hydrogens (tertiary/aromatic N) is 4. The molecule has 0 aliphatic carbocycles. The summed E-state index contributed by atoms with van der Waals surface area (Å²) in [5, 5.41) is 4.36. The summed E-state index contributed by atoms with van der Waals surface area (Å²) in [6.07, 6.45) is 4.72. The molecule has 150 valence electrons. The molecular formula is C23H32N4O. The maximum Gasteiger partial charge on any atom is 0.274 e. The Labute approximate surface area is 168 Å². The molecule has 3 heterocycles. The van der Waals surface area contributed by atoms with E-state index in [1.165, 1.54) is 25.1 Å². The molecule has 1 atom stereocenters. The maximum absolute atomic E-state index is 12.7. The van der Waals surface area contributed by atoms with Crippen LogP contribution in [-0.4, -0.2) is 58.2 Å². The van der Waals surface area contributed by atoms with E-state index in [0.717, 1.165) is 56.4 Å². The zero-order chi connectivity index (χ0) is 19.5. The Bertz CT molecular complexity index is 773. The first-order valence-electron chi connectivity index (χ1n) is 10.7. The lowest BCUT2D eigenvalue weighted by Crippen LogP contribution is -2.40. The Morgan fingerprint density at radius 1 is 1.07 bits per heavy atom. The number of benzene rings is 1. The molecule has 2 aromatic rings. The summed E-state index contributed by atoms with van der Waals surface area (Å²) in [4.78, 5) is 17.3. The number of piperidine rings is 1. The highest BCUT2D eigenvalue weighted by molar-refractivity contribution is 5.92. The Balaban J connectivity index is 1.23. The molecule has 0 radical (unpaired) electrons. The van der Waals surface area contributed by atoms with Crippen molar-refractivity contribution in [3.05, 3.63) is 53.3 Å². The van der Waals surface area contributed by atoms with Crippen LogP contribution >= 0.6 is 0 Å². The van der Waals surface area contributed by atoms with Gasteiger partial charge in [-0.25, -0.2) is 0 Å². The minimum Gasteiger partial charge on any atom is -0.337 e. The van der Waals surface area contributed by atoms with Gasteiger partial charge in [-0.1, -0.05) is 30.3 Å². The Hall–Kier alpha value is -2.14. The van der Waals surface area contributed by atoms with E-state index in [0.29, 0.717) is 5.69 Å². The fourth-order valence-corrected chi connectivity index (χ4v) is 4.78. The second-order valence-electron chi connectivity index (χ2n) is 8.51. The molecule has 4 rings (SSSR count). The predicted octanol–water partition coefficient (Wildman–Crippen LogP) is 3.15. The third kappa shape index (κ3) is 4.30. The average molecular weight is 381 g/mol. The van der Waals surface area contributed by atoms with Crippen molar-refractivity contribution in [2.24, 2.45) is 18.9 Å². The first-order chi connectivity index (χ1) is 13.6. The van der Waals surface area contributed by atoms with E-state index >= 15 is 0 Å². The first-order valence-corrected chi connectivity index (χ1v) is 10.7. The van der Waals surface area contributed by atoms with Gasteiger partial charge in [-0.05, 0) is 62.6 Å². The number of likely N-dealkylation sites (tertiary alicyclic amines) is 2. The molecule has 0 bridgehead atoms. The third-order valence-electron chi connectivity index (χ3n) is 6.69. The number of carbonyl (C=O) groups is 1. The van der Waals surface area contributed by atoms with Gasteiger partial charge in [0.05, 0.1) is 0 Å². The summed E-state index contributed by atoms with van der Waals surface area (Å²) in [5.74, 6) is 1.65. The molecule has 1 aromatic carbocycles. The monoisotopic (exact) mass is 380 g/mol. The van der Waals surface area contributed by atoms with E-state index in [1.807, 2.05) is 24.9 Å². The fraction of sp³-hybridized carbons (Fsp3) is 0.565. The number of hydrogen-bond acceptors (Lipinski definition) is 3. The quantitative estimate of drug-likeness (QED) is 0.800. The molecule has 2 aliphatic heterocycles. The van der Waals surface area contributed by atoms with Crippen molar-refractivity contribution in [1.82, 2.24) is 19.6 Å². The highest BCUT2D eigenvalue weighted by Crippen LogP contribution is 2.32. The van der Waals surface area contributed by atoms with Crippen LogP contribution in [0.4, 0.5) is 0 Å². The van der Waals surface area contributed by atoms with Crippen LogP contribution in [0.2, 0.25) is 0 Å². The van der Waals surface area contributed by atoms with Crippen molar-refractivity contribution in [3.8, 4) is 0 Å². The smallest absolute Gasteiger partial charge is 0.274 e. The van der Waals surface area contributed by atoms with Gasteiger partial charge >= 0.3 is 0 Å². The zero-order valence-electron chi connectivity index (χ0n) is 17.2. The van der Waals surface area contributed by atoms with Crippen LogP contribution in [0.1, 0.15) is 41.0 Å². The molecule has 2 saturated heterocycles. The molecule has 5 nitrogen and oxygen atoms in total. The summed E-state index contributed by atoms with van der Waals surface area (Å²) in [6.45, 7) is 7.35. The molecule has 1 amide bonds. The van der Waals surface area contributed by atoms with Gasteiger partial charge in [-0.15, -0.1) is 0 Å². The van der Waals surface area contributed by atoms with Gasteiger partial charge < -0.3 is 9.80 Å². The molecule has 2 fully saturated rings. The number of hydrogen-bond donors (Lipinski definition) is 0. The van der Waals surface area contributed by atoms with E-state index in [4.69, 9.17) is 0 Å². The highest BCUT2D eigenvalue weighted by Gasteiger charge is 2.33. The number of rotatable bonds is 5. The molecule has 2 aliphatic rings. The van der Waals surface area contributed by atoms with Crippen molar-refractivity contribution < 1.29 is 4.79 Å². The molecule has 0 spiro atoms. The van der Waals surface area contributed by atoms with E-state index in [-0.39, 0.29) is 5.91 Å². The third-order valence-corrected chi connectivity index (χ3v) is 6.69. The Morgan fingerprint density at radius 2 is 1.79 bits per heavy atom. The van der Waals surface area contributed by atoms with Crippen LogP contribution in [0.25, 0.3) is 0 Å². The second kappa shape index (κ2) is 8.48. The molecule has 0 N–H and O–H groups in total. The van der Waals surface area contributed by atoms with Gasteiger partial charge in [0.2, 0.25) is 0 Å². The van der Waals surface area contributed by atoms with Crippen molar-refractivity contribution >= 4 is 5.91 Å². The summed E-state index contributed by atoms with van der Waals surface area (Å²) in [6, 6.07) is 12.7. The lowest BCUT2D eigenvalue weighted by atomic mass is 9.83. The van der Waals surface area contributed by atoms with Gasteiger partial charge in [0, 0.05) is 38.9 Å². The van der Waals surface area contributed by atoms with E-state index in [2.05, 4.69) is 40.3 Å². The van der Waals surface area contributed by atoms with Crippen molar-refractivity contribution in [3.63, 3.8) is 0 Å². The predicted molar refractivity (Wildman–Crippen MR) is 111 cm³/mol. The van der Waals surface area contributed by atoms with E-state index in [1.54, 1.807) is 4.68 Å². The first kappa shape index (κ1) is 19.2. The Morgan fingerprint density at radius 3 is 2.46 bits per heavy atom. The van der Waals surface area contributed by atoms with Crippen molar-refractivity contribution in [2.45, 2.75) is 32.6 Å². The van der Waals surface area contributed by atoms with Crippen LogP contribution in [0.15, 0.2) is 36.4 Å². The number of amides is 1. The molecule has 0 saturated carbocycles. The van der Waals surface area contributed by atoms with Crippen molar-refractivity contribution in [2.75, 3.05) is 32.7 Å². The second-order valence-corrected chi connectivity index (χ2v) is 8.51. The highest BCUT2D eigenvalue weighted by atomic mass is 16.2. The van der Waals surface area contributed by atoms with Gasteiger partial charge in [0.15, 0.2) is 5.69 Å². The standard InChI is InChI=1S/C23H32N4O/c1-18-16-22(24-25(18)2)23(28)27-14-10-20(11-15-27)21-9-13-26(17-21)12-8-19-6-4-3-5-7-19/h3-7,16,20-21H,8-15,17H2,1-2H3/t21-/m1/s1. The van der Waals surface area contributed by atoms with Crippen LogP contribution in [0, 0.1) is 18.8 Å². The lowest BCUT2D eigenvalue weighted by molar-refractivity contribution is 0.0652. The van der Waals surface area contributed by atoms with E-state index in [9.17, 15) is 4.79 Å². The van der Waals surface area contributed by atoms with Crippen LogP contribution in [0.5, 0.6) is 0 Å². The molecule has 0 unspecified atom stereocenters. The summed E-state index contributed by atoms with van der Waals surface area (Å²) >= 11 is 0. The average Bonchev–Trinajstić information content (AvgIpc) is 3.34. The van der Waals surface area contributed by atoms with Crippen LogP contribution in [-0.2, 0) is 13.5 Å². The number of aromatic nitrogens is 2.